The third kappa shape index (κ3) is 1.67. The molecule has 0 spiro atoms. The average molecular weight is 168 g/mol. The van der Waals surface area contributed by atoms with Gasteiger partial charge in [0.2, 0.25) is 0 Å². The van der Waals surface area contributed by atoms with Gasteiger partial charge in [0.15, 0.2) is 5.60 Å². The molecule has 1 unspecified atom stereocenters. The normalized spacial score (nSPS) is 33.8. The third-order valence-electron chi connectivity index (χ3n) is 2.07. The van der Waals surface area contributed by atoms with E-state index in [2.05, 4.69) is 0 Å². The molecule has 1 heterocycles. The van der Waals surface area contributed by atoms with Crippen molar-refractivity contribution in [2.45, 2.75) is 38.0 Å². The summed E-state index contributed by atoms with van der Waals surface area (Å²) in [7, 11) is 0. The Labute approximate surface area is 63.5 Å². The minimum Gasteiger partial charge on any atom is -0.366 e. The maximum absolute atomic E-state index is 12.2. The molecule has 0 aromatic carbocycles. The van der Waals surface area contributed by atoms with Crippen LogP contribution in [0.4, 0.5) is 13.2 Å². The van der Waals surface area contributed by atoms with Gasteiger partial charge in [0.25, 0.3) is 0 Å². The van der Waals surface area contributed by atoms with Crippen LogP contribution in [0.5, 0.6) is 0 Å². The van der Waals surface area contributed by atoms with E-state index in [0.717, 1.165) is 13.3 Å². The first-order valence-corrected chi connectivity index (χ1v) is 3.66. The van der Waals surface area contributed by atoms with Gasteiger partial charge in [-0.25, -0.2) is 0 Å². The Morgan fingerprint density at radius 1 is 1.27 bits per heavy atom. The van der Waals surface area contributed by atoms with Gasteiger partial charge in [0.1, 0.15) is 0 Å². The molecule has 1 aliphatic heterocycles. The SMILES string of the molecule is CC1(C(F)(F)F)CCCCO1. The van der Waals surface area contributed by atoms with Crippen LogP contribution in [0.3, 0.4) is 0 Å². The highest BCUT2D eigenvalue weighted by atomic mass is 19.4. The second-order valence-corrected chi connectivity index (χ2v) is 3.03. The predicted octanol–water partition coefficient (Wildman–Crippen LogP) is 2.51. The first-order valence-electron chi connectivity index (χ1n) is 3.66. The van der Waals surface area contributed by atoms with Crippen molar-refractivity contribution in [3.8, 4) is 0 Å². The molecule has 0 N–H and O–H groups in total. The second-order valence-electron chi connectivity index (χ2n) is 3.03. The zero-order valence-corrected chi connectivity index (χ0v) is 6.37. The third-order valence-corrected chi connectivity index (χ3v) is 2.07. The molecular formula is C7H11F3O. The maximum atomic E-state index is 12.2. The molecule has 1 nitrogen and oxygen atoms in total. The molecule has 0 saturated carbocycles. The van der Waals surface area contributed by atoms with E-state index >= 15 is 0 Å². The van der Waals surface area contributed by atoms with Crippen LogP contribution in [-0.4, -0.2) is 18.4 Å². The summed E-state index contributed by atoms with van der Waals surface area (Å²) in [4.78, 5) is 0. The van der Waals surface area contributed by atoms with Crippen molar-refractivity contribution in [3.05, 3.63) is 0 Å². The van der Waals surface area contributed by atoms with E-state index in [1.807, 2.05) is 0 Å². The summed E-state index contributed by atoms with van der Waals surface area (Å²) in [5.74, 6) is 0. The number of halogens is 3. The molecule has 0 aromatic rings. The Morgan fingerprint density at radius 2 is 1.91 bits per heavy atom. The van der Waals surface area contributed by atoms with Crippen LogP contribution in [0.2, 0.25) is 0 Å². The van der Waals surface area contributed by atoms with Crippen LogP contribution in [0, 0.1) is 0 Å². The van der Waals surface area contributed by atoms with E-state index < -0.39 is 11.8 Å². The number of ether oxygens (including phenoxy) is 1. The fourth-order valence-corrected chi connectivity index (χ4v) is 1.16. The van der Waals surface area contributed by atoms with Crippen molar-refractivity contribution >= 4 is 0 Å². The van der Waals surface area contributed by atoms with Gasteiger partial charge in [-0.3, -0.25) is 0 Å². The Morgan fingerprint density at radius 3 is 2.18 bits per heavy atom. The van der Waals surface area contributed by atoms with Crippen molar-refractivity contribution in [1.82, 2.24) is 0 Å². The molecule has 4 heteroatoms. The standard InChI is InChI=1S/C7H11F3O/c1-6(7(8,9)10)4-2-3-5-11-6/h2-5H2,1H3. The lowest BCUT2D eigenvalue weighted by Gasteiger charge is -2.35. The molecule has 11 heavy (non-hydrogen) atoms. The lowest BCUT2D eigenvalue weighted by atomic mass is 9.95. The van der Waals surface area contributed by atoms with Crippen molar-refractivity contribution in [2.24, 2.45) is 0 Å². The highest BCUT2D eigenvalue weighted by molar-refractivity contribution is 4.85. The molecule has 0 amide bonds. The summed E-state index contributed by atoms with van der Waals surface area (Å²) in [5.41, 5.74) is -1.88. The Bertz CT molecular complexity index is 135. The fourth-order valence-electron chi connectivity index (χ4n) is 1.16. The zero-order valence-electron chi connectivity index (χ0n) is 6.37. The van der Waals surface area contributed by atoms with Gasteiger partial charge in [-0.05, 0) is 26.2 Å². The molecule has 1 aliphatic rings. The summed E-state index contributed by atoms with van der Waals surface area (Å²) in [6, 6.07) is 0. The Kier molecular flexibility index (Phi) is 2.14. The van der Waals surface area contributed by atoms with Crippen LogP contribution in [0.15, 0.2) is 0 Å². The molecule has 0 aliphatic carbocycles. The summed E-state index contributed by atoms with van der Waals surface area (Å²) in [6.07, 6.45) is -2.77. The van der Waals surface area contributed by atoms with Crippen molar-refractivity contribution in [3.63, 3.8) is 0 Å². The number of hydrogen-bond acceptors (Lipinski definition) is 1. The number of hydrogen-bond donors (Lipinski definition) is 0. The zero-order chi connectivity index (χ0) is 8.54. The molecule has 0 radical (unpaired) electrons. The quantitative estimate of drug-likeness (QED) is 0.540. The van der Waals surface area contributed by atoms with Crippen molar-refractivity contribution < 1.29 is 17.9 Å². The minimum absolute atomic E-state index is 0.0938. The van der Waals surface area contributed by atoms with Gasteiger partial charge < -0.3 is 4.74 Å². The van der Waals surface area contributed by atoms with Crippen LogP contribution in [-0.2, 0) is 4.74 Å². The topological polar surface area (TPSA) is 9.23 Å². The molecule has 0 aromatic heterocycles. The van der Waals surface area contributed by atoms with Gasteiger partial charge in [-0.15, -0.1) is 0 Å². The van der Waals surface area contributed by atoms with Crippen LogP contribution < -0.4 is 0 Å². The molecule has 1 saturated heterocycles. The lowest BCUT2D eigenvalue weighted by Crippen LogP contribution is -2.46. The molecule has 1 rings (SSSR count). The maximum Gasteiger partial charge on any atom is 0.417 e. The fraction of sp³-hybridized carbons (Fsp3) is 1.00. The highest BCUT2D eigenvalue weighted by Gasteiger charge is 2.52. The van der Waals surface area contributed by atoms with Crippen LogP contribution >= 0.6 is 0 Å². The summed E-state index contributed by atoms with van der Waals surface area (Å²) in [6.45, 7) is 1.35. The van der Waals surface area contributed by atoms with Gasteiger partial charge in [-0.2, -0.15) is 13.2 Å². The Hall–Kier alpha value is -0.250. The largest absolute Gasteiger partial charge is 0.417 e. The minimum atomic E-state index is -4.21. The highest BCUT2D eigenvalue weighted by Crippen LogP contribution is 2.39. The molecule has 66 valence electrons. The van der Waals surface area contributed by atoms with E-state index in [-0.39, 0.29) is 13.0 Å². The first-order chi connectivity index (χ1) is 4.96. The predicted molar refractivity (Wildman–Crippen MR) is 34.3 cm³/mol. The van der Waals surface area contributed by atoms with Crippen LogP contribution in [0.1, 0.15) is 26.2 Å². The average Bonchev–Trinajstić information content (AvgIpc) is 1.87. The lowest BCUT2D eigenvalue weighted by molar-refractivity contribution is -0.281. The van der Waals surface area contributed by atoms with Gasteiger partial charge >= 0.3 is 6.18 Å². The van der Waals surface area contributed by atoms with Gasteiger partial charge in [0, 0.05) is 6.61 Å². The Balaban J connectivity index is 2.64. The van der Waals surface area contributed by atoms with E-state index in [1.165, 1.54) is 0 Å². The van der Waals surface area contributed by atoms with Gasteiger partial charge in [-0.1, -0.05) is 0 Å². The summed E-state index contributed by atoms with van der Waals surface area (Å²) < 4.78 is 41.3. The molecule has 1 atom stereocenters. The van der Waals surface area contributed by atoms with E-state index in [1.54, 1.807) is 0 Å². The molecule has 1 fully saturated rings. The van der Waals surface area contributed by atoms with Crippen molar-refractivity contribution in [1.29, 1.82) is 0 Å². The molecule has 0 bridgehead atoms. The first kappa shape index (κ1) is 8.84. The summed E-state index contributed by atoms with van der Waals surface area (Å²) >= 11 is 0. The van der Waals surface area contributed by atoms with E-state index in [4.69, 9.17) is 4.74 Å². The summed E-state index contributed by atoms with van der Waals surface area (Å²) in [5, 5.41) is 0. The number of rotatable bonds is 0. The monoisotopic (exact) mass is 168 g/mol. The van der Waals surface area contributed by atoms with Crippen LogP contribution in [0.25, 0.3) is 0 Å². The van der Waals surface area contributed by atoms with Crippen molar-refractivity contribution in [2.75, 3.05) is 6.61 Å². The molecular weight excluding hydrogens is 157 g/mol. The van der Waals surface area contributed by atoms with Gasteiger partial charge in [0.05, 0.1) is 0 Å². The number of alkyl halides is 3. The smallest absolute Gasteiger partial charge is 0.366 e. The second kappa shape index (κ2) is 2.66. The van der Waals surface area contributed by atoms with E-state index in [9.17, 15) is 13.2 Å². The van der Waals surface area contributed by atoms with E-state index in [0.29, 0.717) is 6.42 Å².